The van der Waals surface area contributed by atoms with Crippen molar-refractivity contribution in [2.45, 2.75) is 25.7 Å². The highest BCUT2D eigenvalue weighted by Gasteiger charge is 2.43. The normalized spacial score (nSPS) is 26.6. The van der Waals surface area contributed by atoms with Crippen LogP contribution in [0.2, 0.25) is 0 Å². The fraction of sp³-hybridized carbons (Fsp3) is 0.583. The lowest BCUT2D eigenvalue weighted by Crippen LogP contribution is -2.32. The number of carbonyl (C=O) groups is 1. The van der Waals surface area contributed by atoms with Gasteiger partial charge < -0.3 is 4.90 Å². The molecule has 1 unspecified atom stereocenters. The van der Waals surface area contributed by atoms with E-state index in [1.54, 1.807) is 0 Å². The molecule has 14 heavy (non-hydrogen) atoms. The first kappa shape index (κ1) is 11.0. The SMILES string of the molecule is C=CCCC1(CC=C)CCN(C)C1=O. The predicted molar refractivity (Wildman–Crippen MR) is 58.9 cm³/mol. The summed E-state index contributed by atoms with van der Waals surface area (Å²) in [5.74, 6) is 0.277. The Kier molecular flexibility index (Phi) is 3.50. The van der Waals surface area contributed by atoms with Crippen molar-refractivity contribution in [1.29, 1.82) is 0 Å². The number of allylic oxidation sites excluding steroid dienone is 2. The summed E-state index contributed by atoms with van der Waals surface area (Å²) in [5, 5.41) is 0. The van der Waals surface area contributed by atoms with Crippen molar-refractivity contribution < 1.29 is 4.79 Å². The first-order valence-corrected chi connectivity index (χ1v) is 5.13. The average Bonchev–Trinajstić information content (AvgIpc) is 2.45. The second-order valence-electron chi connectivity index (χ2n) is 4.08. The van der Waals surface area contributed by atoms with Crippen LogP contribution in [0.3, 0.4) is 0 Å². The molecule has 0 aromatic carbocycles. The van der Waals surface area contributed by atoms with Gasteiger partial charge in [-0.05, 0) is 25.7 Å². The van der Waals surface area contributed by atoms with Crippen molar-refractivity contribution in [3.8, 4) is 0 Å². The maximum absolute atomic E-state index is 12.0. The van der Waals surface area contributed by atoms with E-state index in [1.807, 2.05) is 24.1 Å². The third kappa shape index (κ3) is 1.89. The molecule has 0 saturated carbocycles. The van der Waals surface area contributed by atoms with Crippen LogP contribution >= 0.6 is 0 Å². The van der Waals surface area contributed by atoms with Crippen molar-refractivity contribution in [3.63, 3.8) is 0 Å². The summed E-state index contributed by atoms with van der Waals surface area (Å²) < 4.78 is 0. The lowest BCUT2D eigenvalue weighted by Gasteiger charge is -2.25. The first-order valence-electron chi connectivity index (χ1n) is 5.13. The van der Waals surface area contributed by atoms with Crippen LogP contribution in [0.25, 0.3) is 0 Å². The van der Waals surface area contributed by atoms with Crippen molar-refractivity contribution in [2.24, 2.45) is 5.41 Å². The molecular formula is C12H19NO. The Morgan fingerprint density at radius 1 is 1.50 bits per heavy atom. The lowest BCUT2D eigenvalue weighted by molar-refractivity contribution is -0.135. The van der Waals surface area contributed by atoms with Crippen LogP contribution < -0.4 is 0 Å². The van der Waals surface area contributed by atoms with E-state index < -0.39 is 0 Å². The molecule has 1 aliphatic heterocycles. The molecule has 2 nitrogen and oxygen atoms in total. The number of likely N-dealkylation sites (tertiary alicyclic amines) is 1. The van der Waals surface area contributed by atoms with Crippen LogP contribution in [0.4, 0.5) is 0 Å². The fourth-order valence-corrected chi connectivity index (χ4v) is 2.17. The quantitative estimate of drug-likeness (QED) is 0.614. The maximum Gasteiger partial charge on any atom is 0.228 e. The summed E-state index contributed by atoms with van der Waals surface area (Å²) in [6.45, 7) is 8.33. The highest BCUT2D eigenvalue weighted by molar-refractivity contribution is 5.84. The van der Waals surface area contributed by atoms with Crippen LogP contribution in [-0.4, -0.2) is 24.4 Å². The number of rotatable bonds is 5. The number of amides is 1. The monoisotopic (exact) mass is 193 g/mol. The molecule has 1 fully saturated rings. The topological polar surface area (TPSA) is 20.3 Å². The Morgan fingerprint density at radius 2 is 2.21 bits per heavy atom. The number of nitrogens with zero attached hydrogens (tertiary/aromatic N) is 1. The molecule has 1 aliphatic rings. The third-order valence-electron chi connectivity index (χ3n) is 3.09. The van der Waals surface area contributed by atoms with Gasteiger partial charge in [0, 0.05) is 13.6 Å². The van der Waals surface area contributed by atoms with E-state index in [9.17, 15) is 4.79 Å². The van der Waals surface area contributed by atoms with Crippen molar-refractivity contribution in [3.05, 3.63) is 25.3 Å². The van der Waals surface area contributed by atoms with Gasteiger partial charge in [-0.15, -0.1) is 13.2 Å². The molecule has 2 heteroatoms. The standard InChI is InChI=1S/C12H19NO/c1-4-6-8-12(7-5-2)9-10-13(3)11(12)14/h4-5H,1-2,6-10H2,3H3. The molecule has 1 atom stereocenters. The molecule has 0 bridgehead atoms. The van der Waals surface area contributed by atoms with Crippen molar-refractivity contribution >= 4 is 5.91 Å². The third-order valence-corrected chi connectivity index (χ3v) is 3.09. The molecule has 0 spiro atoms. The predicted octanol–water partition coefficient (Wildman–Crippen LogP) is 2.38. The Hall–Kier alpha value is -1.05. The van der Waals surface area contributed by atoms with Gasteiger partial charge in [0.15, 0.2) is 0 Å². The van der Waals surface area contributed by atoms with Gasteiger partial charge in [-0.1, -0.05) is 12.2 Å². The summed E-state index contributed by atoms with van der Waals surface area (Å²) >= 11 is 0. The van der Waals surface area contributed by atoms with Crippen molar-refractivity contribution in [2.75, 3.05) is 13.6 Å². The van der Waals surface area contributed by atoms with E-state index in [0.29, 0.717) is 0 Å². The van der Waals surface area contributed by atoms with Crippen LogP contribution in [0.15, 0.2) is 25.3 Å². The van der Waals surface area contributed by atoms with Crippen LogP contribution in [0.5, 0.6) is 0 Å². The molecule has 0 N–H and O–H groups in total. The first-order chi connectivity index (χ1) is 6.66. The zero-order valence-corrected chi connectivity index (χ0v) is 8.96. The van der Waals surface area contributed by atoms with Gasteiger partial charge in [-0.3, -0.25) is 4.79 Å². The number of hydrogen-bond donors (Lipinski definition) is 0. The lowest BCUT2D eigenvalue weighted by atomic mass is 9.78. The molecule has 0 aliphatic carbocycles. The van der Waals surface area contributed by atoms with Gasteiger partial charge in [0.05, 0.1) is 5.41 Å². The van der Waals surface area contributed by atoms with E-state index in [0.717, 1.165) is 32.2 Å². The largest absolute Gasteiger partial charge is 0.345 e. The number of hydrogen-bond acceptors (Lipinski definition) is 1. The van der Waals surface area contributed by atoms with Gasteiger partial charge in [0.2, 0.25) is 5.91 Å². The van der Waals surface area contributed by atoms with Gasteiger partial charge >= 0.3 is 0 Å². The molecule has 1 rings (SSSR count). The number of carbonyl (C=O) groups excluding carboxylic acids is 1. The summed E-state index contributed by atoms with van der Waals surface area (Å²) in [6.07, 6.45) is 7.32. The van der Waals surface area contributed by atoms with Crippen LogP contribution in [0.1, 0.15) is 25.7 Å². The highest BCUT2D eigenvalue weighted by atomic mass is 16.2. The van der Waals surface area contributed by atoms with Gasteiger partial charge in [-0.25, -0.2) is 0 Å². The smallest absolute Gasteiger partial charge is 0.228 e. The summed E-state index contributed by atoms with van der Waals surface area (Å²) in [7, 11) is 1.88. The minimum atomic E-state index is -0.176. The van der Waals surface area contributed by atoms with E-state index in [1.165, 1.54) is 0 Å². The Labute approximate surface area is 86.3 Å². The Balaban J connectivity index is 2.76. The van der Waals surface area contributed by atoms with E-state index >= 15 is 0 Å². The molecule has 1 amide bonds. The molecule has 1 saturated heterocycles. The second-order valence-corrected chi connectivity index (χ2v) is 4.08. The molecule has 0 radical (unpaired) electrons. The summed E-state index contributed by atoms with van der Waals surface area (Å²) in [5.41, 5.74) is -0.176. The van der Waals surface area contributed by atoms with Crippen LogP contribution in [0, 0.1) is 5.41 Å². The minimum absolute atomic E-state index is 0.176. The summed E-state index contributed by atoms with van der Waals surface area (Å²) in [4.78, 5) is 13.8. The molecule has 0 aromatic rings. The highest BCUT2D eigenvalue weighted by Crippen LogP contribution is 2.39. The maximum atomic E-state index is 12.0. The second kappa shape index (κ2) is 4.45. The zero-order valence-electron chi connectivity index (χ0n) is 8.96. The molecule has 1 heterocycles. The Bertz CT molecular complexity index is 247. The van der Waals surface area contributed by atoms with Crippen molar-refractivity contribution in [1.82, 2.24) is 4.90 Å². The zero-order chi connectivity index (χ0) is 10.6. The van der Waals surface area contributed by atoms with Gasteiger partial charge in [-0.2, -0.15) is 0 Å². The minimum Gasteiger partial charge on any atom is -0.345 e. The molecule has 0 aromatic heterocycles. The van der Waals surface area contributed by atoms with E-state index in [-0.39, 0.29) is 11.3 Å². The van der Waals surface area contributed by atoms with Gasteiger partial charge in [0.1, 0.15) is 0 Å². The van der Waals surface area contributed by atoms with Gasteiger partial charge in [0.25, 0.3) is 0 Å². The fourth-order valence-electron chi connectivity index (χ4n) is 2.17. The van der Waals surface area contributed by atoms with E-state index in [4.69, 9.17) is 0 Å². The van der Waals surface area contributed by atoms with E-state index in [2.05, 4.69) is 13.2 Å². The Morgan fingerprint density at radius 3 is 2.64 bits per heavy atom. The molecule has 78 valence electrons. The van der Waals surface area contributed by atoms with Crippen LogP contribution in [-0.2, 0) is 4.79 Å². The molecular weight excluding hydrogens is 174 g/mol. The average molecular weight is 193 g/mol. The summed E-state index contributed by atoms with van der Waals surface area (Å²) in [6, 6.07) is 0.